The zero-order valence-corrected chi connectivity index (χ0v) is 10.6. The van der Waals surface area contributed by atoms with E-state index in [-0.39, 0.29) is 10.9 Å². The number of nitrogens with zero attached hydrogens (tertiary/aromatic N) is 1. The van der Waals surface area contributed by atoms with E-state index >= 15 is 0 Å². The van der Waals surface area contributed by atoms with Crippen molar-refractivity contribution in [2.24, 2.45) is 0 Å². The van der Waals surface area contributed by atoms with Crippen LogP contribution in [-0.4, -0.2) is 10.1 Å². The summed E-state index contributed by atoms with van der Waals surface area (Å²) in [5.74, 6) is 0.627. The molecule has 0 aliphatic heterocycles. The second kappa shape index (κ2) is 5.92. The lowest BCUT2D eigenvalue weighted by atomic mass is 10.3. The smallest absolute Gasteiger partial charge is 0.269 e. The lowest BCUT2D eigenvalue weighted by Gasteiger charge is -2.08. The highest BCUT2D eigenvalue weighted by Gasteiger charge is 2.05. The molecule has 5 nitrogen and oxygen atoms in total. The van der Waals surface area contributed by atoms with Crippen LogP contribution in [0.4, 0.5) is 11.4 Å². The number of benzene rings is 2. The molecule has 0 fully saturated rings. The number of nitro benzene ring substituents is 1. The van der Waals surface area contributed by atoms with Gasteiger partial charge in [-0.15, -0.1) is 0 Å². The molecule has 19 heavy (non-hydrogen) atoms. The van der Waals surface area contributed by atoms with Crippen molar-refractivity contribution in [3.63, 3.8) is 0 Å². The Hall–Kier alpha value is -2.47. The molecule has 6 heteroatoms. The van der Waals surface area contributed by atoms with Gasteiger partial charge in [0.1, 0.15) is 5.75 Å². The van der Waals surface area contributed by atoms with Crippen LogP contribution >= 0.6 is 12.2 Å². The summed E-state index contributed by atoms with van der Waals surface area (Å²) in [6, 6.07) is 15.0. The van der Waals surface area contributed by atoms with Gasteiger partial charge >= 0.3 is 0 Å². The van der Waals surface area contributed by atoms with Crippen LogP contribution < -0.4 is 10.1 Å². The maximum Gasteiger partial charge on any atom is 0.269 e. The van der Waals surface area contributed by atoms with Gasteiger partial charge in [0.05, 0.1) is 4.92 Å². The van der Waals surface area contributed by atoms with E-state index in [1.54, 1.807) is 24.3 Å². The second-order valence-electron chi connectivity index (χ2n) is 3.63. The van der Waals surface area contributed by atoms with E-state index in [2.05, 4.69) is 5.32 Å². The Morgan fingerprint density at radius 3 is 2.32 bits per heavy atom. The van der Waals surface area contributed by atoms with Gasteiger partial charge in [0, 0.05) is 17.8 Å². The molecular formula is C13H10N2O3S. The fourth-order valence-electron chi connectivity index (χ4n) is 1.41. The molecule has 2 rings (SSSR count). The Labute approximate surface area is 115 Å². The average molecular weight is 274 g/mol. The maximum atomic E-state index is 10.5. The van der Waals surface area contributed by atoms with E-state index in [1.807, 2.05) is 18.2 Å². The van der Waals surface area contributed by atoms with E-state index in [0.29, 0.717) is 11.4 Å². The predicted octanol–water partition coefficient (Wildman–Crippen LogP) is 3.37. The van der Waals surface area contributed by atoms with Crippen LogP contribution in [0.1, 0.15) is 0 Å². The molecule has 0 heterocycles. The summed E-state index contributed by atoms with van der Waals surface area (Å²) in [4.78, 5) is 10.1. The number of nitrogens with one attached hydrogen (secondary N) is 1. The molecule has 0 amide bonds. The van der Waals surface area contributed by atoms with E-state index in [1.165, 1.54) is 12.1 Å². The molecule has 0 spiro atoms. The van der Waals surface area contributed by atoms with Gasteiger partial charge in [0.15, 0.2) is 0 Å². The van der Waals surface area contributed by atoms with Crippen molar-refractivity contribution in [3.8, 4) is 5.75 Å². The number of non-ortho nitro benzene ring substituents is 1. The van der Waals surface area contributed by atoms with Crippen LogP contribution in [0.2, 0.25) is 0 Å². The lowest BCUT2D eigenvalue weighted by Crippen LogP contribution is -2.16. The molecule has 0 radical (unpaired) electrons. The Kier molecular flexibility index (Phi) is 4.04. The predicted molar refractivity (Wildman–Crippen MR) is 76.4 cm³/mol. The van der Waals surface area contributed by atoms with Crippen LogP contribution in [-0.2, 0) is 0 Å². The number of hydrogen-bond acceptors (Lipinski definition) is 4. The maximum absolute atomic E-state index is 10.5. The summed E-state index contributed by atoms with van der Waals surface area (Å²) in [6.07, 6.45) is 0. The monoisotopic (exact) mass is 274 g/mol. The fraction of sp³-hybridized carbons (Fsp3) is 0. The van der Waals surface area contributed by atoms with Crippen LogP contribution in [0.3, 0.4) is 0 Å². The lowest BCUT2D eigenvalue weighted by molar-refractivity contribution is -0.384. The third kappa shape index (κ3) is 3.75. The Morgan fingerprint density at radius 2 is 1.74 bits per heavy atom. The Bertz CT molecular complexity index is 585. The SMILES string of the molecule is O=[N+]([O-])c1ccc(NC(=S)Oc2ccccc2)cc1. The largest absolute Gasteiger partial charge is 0.432 e. The highest BCUT2D eigenvalue weighted by Crippen LogP contribution is 2.16. The Morgan fingerprint density at radius 1 is 1.11 bits per heavy atom. The van der Waals surface area contributed by atoms with Crippen LogP contribution in [0, 0.1) is 10.1 Å². The summed E-state index contributed by atoms with van der Waals surface area (Å²) >= 11 is 5.04. The topological polar surface area (TPSA) is 64.4 Å². The number of hydrogen-bond donors (Lipinski definition) is 1. The first-order chi connectivity index (χ1) is 9.15. The summed E-state index contributed by atoms with van der Waals surface area (Å²) < 4.78 is 5.38. The van der Waals surface area contributed by atoms with Crippen LogP contribution in [0.15, 0.2) is 54.6 Å². The van der Waals surface area contributed by atoms with E-state index < -0.39 is 4.92 Å². The van der Waals surface area contributed by atoms with Crippen LogP contribution in [0.5, 0.6) is 5.75 Å². The summed E-state index contributed by atoms with van der Waals surface area (Å²) in [7, 11) is 0. The minimum absolute atomic E-state index is 0.0282. The van der Waals surface area contributed by atoms with Crippen molar-refractivity contribution in [2.75, 3.05) is 5.32 Å². The number of rotatable bonds is 3. The average Bonchev–Trinajstić information content (AvgIpc) is 2.40. The van der Waals surface area contributed by atoms with Gasteiger partial charge in [-0.3, -0.25) is 10.1 Å². The molecule has 1 N–H and O–H groups in total. The molecule has 0 aromatic heterocycles. The van der Waals surface area contributed by atoms with Crippen molar-refractivity contribution in [2.45, 2.75) is 0 Å². The highest BCUT2D eigenvalue weighted by atomic mass is 32.1. The van der Waals surface area contributed by atoms with Crippen molar-refractivity contribution in [3.05, 3.63) is 64.7 Å². The van der Waals surface area contributed by atoms with Crippen LogP contribution in [0.25, 0.3) is 0 Å². The third-order valence-electron chi connectivity index (χ3n) is 2.28. The second-order valence-corrected chi connectivity index (χ2v) is 4.00. The number of ether oxygens (including phenoxy) is 1. The quantitative estimate of drug-likeness (QED) is 0.528. The zero-order chi connectivity index (χ0) is 13.7. The zero-order valence-electron chi connectivity index (χ0n) is 9.78. The van der Waals surface area contributed by atoms with Gasteiger partial charge < -0.3 is 10.1 Å². The minimum Gasteiger partial charge on any atom is -0.432 e. The Balaban J connectivity index is 1.97. The van der Waals surface area contributed by atoms with Gasteiger partial charge in [0.25, 0.3) is 10.9 Å². The van der Waals surface area contributed by atoms with Gasteiger partial charge in [-0.25, -0.2) is 0 Å². The van der Waals surface area contributed by atoms with Gasteiger partial charge in [-0.1, -0.05) is 18.2 Å². The molecule has 2 aromatic carbocycles. The first-order valence-corrected chi connectivity index (χ1v) is 5.84. The first-order valence-electron chi connectivity index (χ1n) is 5.43. The summed E-state index contributed by atoms with van der Waals surface area (Å²) in [5, 5.41) is 13.5. The van der Waals surface area contributed by atoms with Crippen molar-refractivity contribution >= 4 is 28.8 Å². The fourth-order valence-corrected chi connectivity index (χ4v) is 1.62. The normalized spacial score (nSPS) is 9.68. The number of thiocarbonyl (C=S) groups is 1. The van der Waals surface area contributed by atoms with Gasteiger partial charge in [-0.2, -0.15) is 0 Å². The molecular weight excluding hydrogens is 264 g/mol. The number of anilines is 1. The van der Waals surface area contributed by atoms with E-state index in [4.69, 9.17) is 17.0 Å². The highest BCUT2D eigenvalue weighted by molar-refractivity contribution is 7.80. The first kappa shape index (κ1) is 13.0. The minimum atomic E-state index is -0.456. The van der Waals surface area contributed by atoms with Gasteiger partial charge in [0.2, 0.25) is 0 Å². The molecule has 0 aliphatic rings. The van der Waals surface area contributed by atoms with Gasteiger partial charge in [-0.05, 0) is 36.5 Å². The molecule has 0 aliphatic carbocycles. The molecule has 96 valence electrons. The molecule has 0 atom stereocenters. The van der Waals surface area contributed by atoms with Crippen molar-refractivity contribution in [1.82, 2.24) is 0 Å². The number of nitro groups is 1. The number of para-hydroxylation sites is 1. The van der Waals surface area contributed by atoms with E-state index in [0.717, 1.165) is 0 Å². The van der Waals surface area contributed by atoms with E-state index in [9.17, 15) is 10.1 Å². The van der Waals surface area contributed by atoms with Crippen molar-refractivity contribution < 1.29 is 9.66 Å². The summed E-state index contributed by atoms with van der Waals surface area (Å²) in [5.41, 5.74) is 0.659. The van der Waals surface area contributed by atoms with Crippen molar-refractivity contribution in [1.29, 1.82) is 0 Å². The summed E-state index contributed by atoms with van der Waals surface area (Å²) in [6.45, 7) is 0. The molecule has 0 bridgehead atoms. The third-order valence-corrected chi connectivity index (χ3v) is 2.46. The molecule has 0 saturated heterocycles. The standard InChI is InChI=1S/C13H10N2O3S/c16-15(17)11-8-6-10(7-9-11)14-13(19)18-12-4-2-1-3-5-12/h1-9H,(H,14,19). The molecule has 2 aromatic rings. The molecule has 0 unspecified atom stereocenters. The molecule has 0 saturated carbocycles.